The van der Waals surface area contributed by atoms with Crippen LogP contribution in [-0.2, 0) is 14.3 Å². The van der Waals surface area contributed by atoms with Gasteiger partial charge in [0.1, 0.15) is 0 Å². The summed E-state index contributed by atoms with van der Waals surface area (Å²) in [4.78, 5) is 48.8. The van der Waals surface area contributed by atoms with E-state index in [1.807, 2.05) is 0 Å². The fourth-order valence-electron chi connectivity index (χ4n) is 2.71. The highest BCUT2D eigenvalue weighted by Gasteiger charge is 2.26. The molecule has 31 heavy (non-hydrogen) atoms. The van der Waals surface area contributed by atoms with Gasteiger partial charge in [0, 0.05) is 11.6 Å². The number of carbonyl (C=O) groups excluding carboxylic acids is 4. The summed E-state index contributed by atoms with van der Waals surface area (Å²) in [6, 6.07) is 13.5. The van der Waals surface area contributed by atoms with Crippen LogP contribution >= 0.6 is 0 Å². The van der Waals surface area contributed by atoms with E-state index < -0.39 is 37.0 Å². The molecule has 3 amide bonds. The lowest BCUT2D eigenvalue weighted by atomic mass is 10.1. The van der Waals surface area contributed by atoms with Crippen molar-refractivity contribution in [2.75, 3.05) is 18.5 Å². The van der Waals surface area contributed by atoms with Gasteiger partial charge in [0.2, 0.25) is 0 Å². The number of para-hydroxylation sites is 1. The molecule has 1 aliphatic rings. The van der Waals surface area contributed by atoms with Crippen molar-refractivity contribution in [3.8, 4) is 0 Å². The Morgan fingerprint density at radius 2 is 1.65 bits per heavy atom. The van der Waals surface area contributed by atoms with Gasteiger partial charge in [-0.15, -0.1) is 0 Å². The van der Waals surface area contributed by atoms with Gasteiger partial charge in [-0.3, -0.25) is 14.4 Å². The lowest BCUT2D eigenvalue weighted by Crippen LogP contribution is -2.45. The predicted octanol–water partition coefficient (Wildman–Crippen LogP) is 0.851. The molecule has 0 saturated heterocycles. The van der Waals surface area contributed by atoms with Gasteiger partial charge in [0.05, 0.1) is 17.9 Å². The van der Waals surface area contributed by atoms with Crippen molar-refractivity contribution in [2.24, 2.45) is 0 Å². The number of anilines is 1. The third-order valence-corrected chi connectivity index (χ3v) is 4.51. The van der Waals surface area contributed by atoms with Crippen molar-refractivity contribution in [3.05, 3.63) is 65.7 Å². The molecule has 9 nitrogen and oxygen atoms in total. The van der Waals surface area contributed by atoms with Crippen LogP contribution in [0.25, 0.3) is 0 Å². The normalized spacial score (nSPS) is 13.6. The maximum Gasteiger partial charge on any atom is 0.331 e. The van der Waals surface area contributed by atoms with Crippen LogP contribution in [0.15, 0.2) is 54.6 Å². The molecule has 4 N–H and O–H groups in total. The molecular weight excluding hydrogens is 402 g/mol. The van der Waals surface area contributed by atoms with E-state index in [1.54, 1.807) is 54.6 Å². The lowest BCUT2D eigenvalue weighted by molar-refractivity contribution is -0.150. The summed E-state index contributed by atoms with van der Waals surface area (Å²) in [5.41, 5.74) is 0.905. The first-order valence-corrected chi connectivity index (χ1v) is 9.81. The number of amides is 3. The Balaban J connectivity index is 1.52. The van der Waals surface area contributed by atoms with Crippen LogP contribution in [-0.4, -0.2) is 54.1 Å². The maximum absolute atomic E-state index is 12.3. The van der Waals surface area contributed by atoms with Crippen molar-refractivity contribution in [1.82, 2.24) is 10.6 Å². The number of aliphatic hydroxyl groups excluding tert-OH is 1. The molecule has 162 valence electrons. The van der Waals surface area contributed by atoms with Crippen molar-refractivity contribution >= 4 is 29.4 Å². The van der Waals surface area contributed by atoms with E-state index in [1.165, 1.54) is 0 Å². The summed E-state index contributed by atoms with van der Waals surface area (Å²) in [7, 11) is 0. The highest BCUT2D eigenvalue weighted by atomic mass is 16.5. The molecule has 1 saturated carbocycles. The Kier molecular flexibility index (Phi) is 7.34. The van der Waals surface area contributed by atoms with E-state index in [2.05, 4.69) is 16.0 Å². The van der Waals surface area contributed by atoms with E-state index in [0.29, 0.717) is 11.1 Å². The van der Waals surface area contributed by atoms with Crippen LogP contribution in [0.3, 0.4) is 0 Å². The van der Waals surface area contributed by atoms with E-state index in [9.17, 15) is 24.3 Å². The smallest absolute Gasteiger partial charge is 0.331 e. The molecule has 0 radical (unpaired) electrons. The minimum absolute atomic E-state index is 0.165. The molecule has 3 rings (SSSR count). The van der Waals surface area contributed by atoms with Gasteiger partial charge >= 0.3 is 5.97 Å². The Hall–Kier alpha value is -3.72. The Bertz CT molecular complexity index is 959. The van der Waals surface area contributed by atoms with Crippen LogP contribution in [0.5, 0.6) is 0 Å². The van der Waals surface area contributed by atoms with Crippen molar-refractivity contribution in [3.63, 3.8) is 0 Å². The molecule has 9 heteroatoms. The summed E-state index contributed by atoms with van der Waals surface area (Å²) in [5.74, 6) is -2.47. The zero-order valence-corrected chi connectivity index (χ0v) is 16.7. The van der Waals surface area contributed by atoms with Crippen LogP contribution < -0.4 is 16.0 Å². The average molecular weight is 425 g/mol. The molecule has 2 aromatic rings. The fourth-order valence-corrected chi connectivity index (χ4v) is 2.71. The summed E-state index contributed by atoms with van der Waals surface area (Å²) in [6.07, 6.45) is 1.87. The van der Waals surface area contributed by atoms with Gasteiger partial charge < -0.3 is 25.8 Å². The number of hydrogen-bond donors (Lipinski definition) is 4. The van der Waals surface area contributed by atoms with Gasteiger partial charge in [-0.25, -0.2) is 4.79 Å². The topological polar surface area (TPSA) is 134 Å². The van der Waals surface area contributed by atoms with Crippen LogP contribution in [0.1, 0.15) is 33.6 Å². The van der Waals surface area contributed by atoms with Crippen molar-refractivity contribution < 1.29 is 29.0 Å². The summed E-state index contributed by atoms with van der Waals surface area (Å²) < 4.78 is 4.91. The first kappa shape index (κ1) is 22.0. The molecular formula is C22H23N3O6. The summed E-state index contributed by atoms with van der Waals surface area (Å²) in [6.45, 7) is -1.34. The number of hydrogen-bond acceptors (Lipinski definition) is 6. The molecule has 1 fully saturated rings. The second kappa shape index (κ2) is 10.4. The quantitative estimate of drug-likeness (QED) is 0.440. The standard InChI is InChI=1S/C22H23N3O6/c26-12-18(25-20(28)14-6-2-1-3-7-14)22(30)31-13-19(27)24-17-9-5-4-8-16(17)21(29)23-15-10-11-15/h1-9,15,18,26H,10-13H2,(H,23,29)(H,24,27)(H,25,28). The number of benzene rings is 2. The van der Waals surface area contributed by atoms with Crippen LogP contribution in [0.2, 0.25) is 0 Å². The number of rotatable bonds is 9. The fraction of sp³-hybridized carbons (Fsp3) is 0.273. The molecule has 1 atom stereocenters. The molecule has 2 aromatic carbocycles. The SMILES string of the molecule is O=C(COC(=O)C(CO)NC(=O)c1ccccc1)Nc1ccccc1C(=O)NC1CC1. The van der Waals surface area contributed by atoms with Gasteiger partial charge in [0.15, 0.2) is 12.6 Å². The summed E-state index contributed by atoms with van der Waals surface area (Å²) in [5, 5.41) is 17.1. The first-order chi connectivity index (χ1) is 15.0. The Morgan fingerprint density at radius 1 is 0.968 bits per heavy atom. The number of ether oxygens (including phenoxy) is 1. The Labute approximate surface area is 178 Å². The number of carbonyl (C=O) groups is 4. The van der Waals surface area contributed by atoms with Crippen LogP contribution in [0, 0.1) is 0 Å². The molecule has 0 bridgehead atoms. The van der Waals surface area contributed by atoms with Gasteiger partial charge in [-0.1, -0.05) is 30.3 Å². The van der Waals surface area contributed by atoms with Gasteiger partial charge in [-0.2, -0.15) is 0 Å². The van der Waals surface area contributed by atoms with E-state index in [0.717, 1.165) is 12.8 Å². The number of esters is 1. The van der Waals surface area contributed by atoms with E-state index >= 15 is 0 Å². The monoisotopic (exact) mass is 425 g/mol. The van der Waals surface area contributed by atoms with Crippen molar-refractivity contribution in [1.29, 1.82) is 0 Å². The predicted molar refractivity (Wildman–Crippen MR) is 111 cm³/mol. The van der Waals surface area contributed by atoms with E-state index in [-0.39, 0.29) is 17.6 Å². The minimum atomic E-state index is -1.32. The third-order valence-electron chi connectivity index (χ3n) is 4.51. The average Bonchev–Trinajstić information content (AvgIpc) is 3.60. The minimum Gasteiger partial charge on any atom is -0.454 e. The van der Waals surface area contributed by atoms with E-state index in [4.69, 9.17) is 4.74 Å². The molecule has 0 heterocycles. The highest BCUT2D eigenvalue weighted by molar-refractivity contribution is 6.04. The molecule has 0 aromatic heterocycles. The summed E-state index contributed by atoms with van der Waals surface area (Å²) >= 11 is 0. The second-order valence-electron chi connectivity index (χ2n) is 7.02. The zero-order chi connectivity index (χ0) is 22.2. The highest BCUT2D eigenvalue weighted by Crippen LogP contribution is 2.21. The molecule has 0 spiro atoms. The van der Waals surface area contributed by atoms with Gasteiger partial charge in [-0.05, 0) is 37.1 Å². The molecule has 1 aliphatic carbocycles. The number of nitrogens with one attached hydrogen (secondary N) is 3. The zero-order valence-electron chi connectivity index (χ0n) is 16.7. The van der Waals surface area contributed by atoms with Gasteiger partial charge in [0.25, 0.3) is 17.7 Å². The second-order valence-corrected chi connectivity index (χ2v) is 7.02. The van der Waals surface area contributed by atoms with Crippen LogP contribution in [0.4, 0.5) is 5.69 Å². The lowest BCUT2D eigenvalue weighted by Gasteiger charge is -2.16. The van der Waals surface area contributed by atoms with Crippen molar-refractivity contribution in [2.45, 2.75) is 24.9 Å². The maximum atomic E-state index is 12.3. The first-order valence-electron chi connectivity index (χ1n) is 9.81. The Morgan fingerprint density at radius 3 is 2.32 bits per heavy atom. The molecule has 0 aliphatic heterocycles. The third kappa shape index (κ3) is 6.38. The largest absolute Gasteiger partial charge is 0.454 e. The number of aliphatic hydroxyl groups is 1. The molecule has 1 unspecified atom stereocenters.